The summed E-state index contributed by atoms with van der Waals surface area (Å²) in [5, 5.41) is 6.83. The van der Waals surface area contributed by atoms with Crippen LogP contribution in [0.2, 0.25) is 5.15 Å². The Morgan fingerprint density at radius 3 is 2.79 bits per heavy atom. The SMILES string of the molecule is CCOCCNC(=NC)NCc1ccc(Cl)nc1.I. The van der Waals surface area contributed by atoms with Crippen LogP contribution in [0.15, 0.2) is 23.3 Å². The number of halogens is 2. The first-order valence-electron chi connectivity index (χ1n) is 5.89. The second-order valence-electron chi connectivity index (χ2n) is 3.54. The van der Waals surface area contributed by atoms with Gasteiger partial charge in [-0.1, -0.05) is 17.7 Å². The van der Waals surface area contributed by atoms with Crippen molar-refractivity contribution in [2.24, 2.45) is 4.99 Å². The van der Waals surface area contributed by atoms with Crippen molar-refractivity contribution in [3.05, 3.63) is 29.0 Å². The Hall–Kier alpha value is -0.600. The molecule has 0 unspecified atom stereocenters. The smallest absolute Gasteiger partial charge is 0.191 e. The Morgan fingerprint density at radius 2 is 2.21 bits per heavy atom. The highest BCUT2D eigenvalue weighted by Crippen LogP contribution is 2.04. The van der Waals surface area contributed by atoms with E-state index < -0.39 is 0 Å². The van der Waals surface area contributed by atoms with Crippen molar-refractivity contribution in [2.75, 3.05) is 26.8 Å². The molecule has 108 valence electrons. The Kier molecular flexibility index (Phi) is 10.9. The minimum atomic E-state index is 0. The topological polar surface area (TPSA) is 58.5 Å². The third-order valence-electron chi connectivity index (χ3n) is 2.22. The van der Waals surface area contributed by atoms with Crippen LogP contribution < -0.4 is 10.6 Å². The average Bonchev–Trinajstić information content (AvgIpc) is 2.40. The quantitative estimate of drug-likeness (QED) is 0.253. The van der Waals surface area contributed by atoms with Crippen LogP contribution >= 0.6 is 35.6 Å². The molecular weight excluding hydrogens is 379 g/mol. The number of rotatable bonds is 6. The molecule has 0 atom stereocenters. The van der Waals surface area contributed by atoms with E-state index in [9.17, 15) is 0 Å². The molecule has 0 saturated heterocycles. The number of pyridine rings is 1. The van der Waals surface area contributed by atoms with Gasteiger partial charge in [-0.3, -0.25) is 4.99 Å². The van der Waals surface area contributed by atoms with E-state index in [4.69, 9.17) is 16.3 Å². The van der Waals surface area contributed by atoms with Crippen LogP contribution in [0.3, 0.4) is 0 Å². The zero-order valence-corrected chi connectivity index (χ0v) is 14.2. The molecule has 0 aliphatic rings. The van der Waals surface area contributed by atoms with Crippen molar-refractivity contribution in [1.29, 1.82) is 0 Å². The molecule has 0 aromatic carbocycles. The number of nitrogens with zero attached hydrogens (tertiary/aromatic N) is 2. The Balaban J connectivity index is 0.00000324. The van der Waals surface area contributed by atoms with Gasteiger partial charge in [0.15, 0.2) is 5.96 Å². The van der Waals surface area contributed by atoms with Gasteiger partial charge in [-0.25, -0.2) is 4.98 Å². The summed E-state index contributed by atoms with van der Waals surface area (Å²) in [7, 11) is 1.73. The van der Waals surface area contributed by atoms with Crippen LogP contribution in [0.1, 0.15) is 12.5 Å². The van der Waals surface area contributed by atoms with E-state index in [0.717, 1.165) is 24.7 Å². The van der Waals surface area contributed by atoms with Crippen molar-refractivity contribution >= 4 is 41.5 Å². The van der Waals surface area contributed by atoms with Crippen LogP contribution in [-0.4, -0.2) is 37.7 Å². The number of hydrogen-bond acceptors (Lipinski definition) is 3. The van der Waals surface area contributed by atoms with Crippen molar-refractivity contribution in [3.8, 4) is 0 Å². The fourth-order valence-corrected chi connectivity index (χ4v) is 1.42. The Labute approximate surface area is 136 Å². The molecule has 2 N–H and O–H groups in total. The van der Waals surface area contributed by atoms with E-state index in [1.165, 1.54) is 0 Å². The van der Waals surface area contributed by atoms with Gasteiger partial charge >= 0.3 is 0 Å². The zero-order chi connectivity index (χ0) is 13.2. The lowest BCUT2D eigenvalue weighted by molar-refractivity contribution is 0.152. The van der Waals surface area contributed by atoms with E-state index in [-0.39, 0.29) is 24.0 Å². The van der Waals surface area contributed by atoms with E-state index >= 15 is 0 Å². The van der Waals surface area contributed by atoms with E-state index in [0.29, 0.717) is 18.3 Å². The molecule has 0 aliphatic heterocycles. The van der Waals surface area contributed by atoms with Crippen LogP contribution in [0.25, 0.3) is 0 Å². The summed E-state index contributed by atoms with van der Waals surface area (Å²) >= 11 is 5.72. The lowest BCUT2D eigenvalue weighted by Crippen LogP contribution is -2.38. The summed E-state index contributed by atoms with van der Waals surface area (Å²) < 4.78 is 5.23. The number of ether oxygens (including phenoxy) is 1. The summed E-state index contributed by atoms with van der Waals surface area (Å²) in [5.74, 6) is 0.740. The number of nitrogens with one attached hydrogen (secondary N) is 2. The van der Waals surface area contributed by atoms with E-state index in [2.05, 4.69) is 20.6 Å². The van der Waals surface area contributed by atoms with E-state index in [1.54, 1.807) is 19.3 Å². The normalized spacial score (nSPS) is 10.8. The predicted molar refractivity (Wildman–Crippen MR) is 89.4 cm³/mol. The fraction of sp³-hybridized carbons (Fsp3) is 0.500. The average molecular weight is 399 g/mol. The molecule has 0 aliphatic carbocycles. The van der Waals surface area contributed by atoms with Crippen molar-refractivity contribution in [3.63, 3.8) is 0 Å². The van der Waals surface area contributed by atoms with Crippen molar-refractivity contribution < 1.29 is 4.74 Å². The first-order valence-corrected chi connectivity index (χ1v) is 6.26. The van der Waals surface area contributed by atoms with E-state index in [1.807, 2.05) is 13.0 Å². The Bertz CT molecular complexity index is 372. The lowest BCUT2D eigenvalue weighted by atomic mass is 10.3. The van der Waals surface area contributed by atoms with Crippen molar-refractivity contribution in [1.82, 2.24) is 15.6 Å². The molecule has 0 radical (unpaired) electrons. The van der Waals surface area contributed by atoms with Crippen molar-refractivity contribution in [2.45, 2.75) is 13.5 Å². The summed E-state index contributed by atoms with van der Waals surface area (Å²) in [6.45, 7) is 4.75. The maximum absolute atomic E-state index is 5.72. The molecule has 1 rings (SSSR count). The van der Waals surface area contributed by atoms with Crippen LogP contribution in [0.5, 0.6) is 0 Å². The molecule has 1 aromatic rings. The lowest BCUT2D eigenvalue weighted by Gasteiger charge is -2.11. The second kappa shape index (κ2) is 11.2. The second-order valence-corrected chi connectivity index (χ2v) is 3.93. The highest BCUT2D eigenvalue weighted by molar-refractivity contribution is 14.0. The minimum Gasteiger partial charge on any atom is -0.380 e. The minimum absolute atomic E-state index is 0. The van der Waals surface area contributed by atoms with Crippen LogP contribution in [-0.2, 0) is 11.3 Å². The highest BCUT2D eigenvalue weighted by atomic mass is 127. The van der Waals surface area contributed by atoms with Gasteiger partial charge in [0.25, 0.3) is 0 Å². The maximum Gasteiger partial charge on any atom is 0.191 e. The van der Waals surface area contributed by atoms with Gasteiger partial charge in [0.05, 0.1) is 6.61 Å². The molecule has 0 spiro atoms. The molecule has 1 aromatic heterocycles. The highest BCUT2D eigenvalue weighted by Gasteiger charge is 1.98. The van der Waals surface area contributed by atoms with Gasteiger partial charge in [0.2, 0.25) is 0 Å². The third kappa shape index (κ3) is 8.22. The van der Waals surface area contributed by atoms with Gasteiger partial charge in [-0.15, -0.1) is 24.0 Å². The molecule has 0 bridgehead atoms. The van der Waals surface area contributed by atoms with Crippen LogP contribution in [0, 0.1) is 0 Å². The van der Waals surface area contributed by atoms with Gasteiger partial charge in [-0.2, -0.15) is 0 Å². The Morgan fingerprint density at radius 1 is 1.42 bits per heavy atom. The third-order valence-corrected chi connectivity index (χ3v) is 2.44. The number of guanidine groups is 1. The first-order chi connectivity index (χ1) is 8.76. The molecule has 0 fully saturated rings. The standard InChI is InChI=1S/C12H19ClN4O.HI/c1-3-18-7-6-15-12(14-2)17-9-10-4-5-11(13)16-8-10;/h4-5,8H,3,6-7,9H2,1-2H3,(H2,14,15,17);1H. The summed E-state index contributed by atoms with van der Waals surface area (Å²) in [4.78, 5) is 8.13. The zero-order valence-electron chi connectivity index (χ0n) is 11.1. The van der Waals surface area contributed by atoms with Gasteiger partial charge in [0, 0.05) is 32.9 Å². The van der Waals surface area contributed by atoms with Gasteiger partial charge in [-0.05, 0) is 18.6 Å². The van der Waals surface area contributed by atoms with Gasteiger partial charge < -0.3 is 15.4 Å². The van der Waals surface area contributed by atoms with Crippen LogP contribution in [0.4, 0.5) is 0 Å². The molecule has 1 heterocycles. The monoisotopic (exact) mass is 398 g/mol. The molecular formula is C12H20ClIN4O. The number of hydrogen-bond donors (Lipinski definition) is 2. The maximum atomic E-state index is 5.72. The molecule has 7 heteroatoms. The first kappa shape index (κ1) is 18.4. The molecule has 0 saturated carbocycles. The summed E-state index contributed by atoms with van der Waals surface area (Å²) in [6.07, 6.45) is 1.74. The summed E-state index contributed by atoms with van der Waals surface area (Å²) in [5.41, 5.74) is 1.05. The molecule has 0 amide bonds. The number of aliphatic imine (C=N–C) groups is 1. The predicted octanol–water partition coefficient (Wildman–Crippen LogP) is 2.05. The molecule has 5 nitrogen and oxygen atoms in total. The largest absolute Gasteiger partial charge is 0.380 e. The fourth-order valence-electron chi connectivity index (χ4n) is 1.30. The molecule has 19 heavy (non-hydrogen) atoms. The van der Waals surface area contributed by atoms with Gasteiger partial charge in [0.1, 0.15) is 5.15 Å². The summed E-state index contributed by atoms with van der Waals surface area (Å²) in [6, 6.07) is 3.69. The number of aromatic nitrogens is 1.